The monoisotopic (exact) mass is 319 g/mol. The van der Waals surface area contributed by atoms with Gasteiger partial charge < -0.3 is 10.2 Å². The maximum atomic E-state index is 12.1. The number of rotatable bonds is 7. The molecule has 2 aromatic rings. The van der Waals surface area contributed by atoms with E-state index in [1.54, 1.807) is 23.0 Å². The highest BCUT2D eigenvalue weighted by Crippen LogP contribution is 2.03. The summed E-state index contributed by atoms with van der Waals surface area (Å²) in [6, 6.07) is 1.97. The number of nitrogens with zero attached hydrogens (tertiary/aromatic N) is 6. The average Bonchev–Trinajstić information content (AvgIpc) is 3.08. The van der Waals surface area contributed by atoms with Crippen LogP contribution in [0.2, 0.25) is 0 Å². The van der Waals surface area contributed by atoms with Gasteiger partial charge in [0.05, 0.1) is 12.2 Å². The van der Waals surface area contributed by atoms with Gasteiger partial charge in [-0.05, 0) is 33.3 Å². The van der Waals surface area contributed by atoms with Crippen LogP contribution in [0.1, 0.15) is 24.7 Å². The Bertz CT molecular complexity index is 620. The molecule has 2 amide bonds. The third-order valence-electron chi connectivity index (χ3n) is 3.61. The quantitative estimate of drug-likeness (QED) is 0.832. The van der Waals surface area contributed by atoms with Crippen molar-refractivity contribution in [1.29, 1.82) is 0 Å². The molecule has 1 N–H and O–H groups in total. The van der Waals surface area contributed by atoms with E-state index in [9.17, 15) is 4.79 Å². The van der Waals surface area contributed by atoms with Crippen molar-refractivity contribution < 1.29 is 4.79 Å². The summed E-state index contributed by atoms with van der Waals surface area (Å²) in [6.07, 6.45) is 3.99. The van der Waals surface area contributed by atoms with E-state index in [2.05, 4.69) is 26.6 Å². The molecule has 8 nitrogen and oxygen atoms in total. The summed E-state index contributed by atoms with van der Waals surface area (Å²) in [7, 11) is 1.80. The summed E-state index contributed by atoms with van der Waals surface area (Å²) < 4.78 is 3.68. The Morgan fingerprint density at radius 3 is 2.83 bits per heavy atom. The van der Waals surface area contributed by atoms with Gasteiger partial charge in [-0.3, -0.25) is 9.36 Å². The summed E-state index contributed by atoms with van der Waals surface area (Å²) >= 11 is 0. The smallest absolute Gasteiger partial charge is 0.317 e. The summed E-state index contributed by atoms with van der Waals surface area (Å²) in [5, 5.41) is 11.4. The van der Waals surface area contributed by atoms with Gasteiger partial charge in [-0.2, -0.15) is 10.2 Å². The van der Waals surface area contributed by atoms with E-state index in [1.807, 2.05) is 25.5 Å². The van der Waals surface area contributed by atoms with E-state index in [-0.39, 0.29) is 12.1 Å². The number of aryl methyl sites for hydroxylation is 3. The number of aromatic nitrogens is 5. The van der Waals surface area contributed by atoms with Gasteiger partial charge in [-0.25, -0.2) is 9.78 Å². The molecule has 2 rings (SSSR count). The SMILES string of the molecule is Cc1cc(C)n(CCCN(C)C(=O)NC(C)Cn2cncn2)n1. The van der Waals surface area contributed by atoms with Crippen LogP contribution in [0.4, 0.5) is 4.79 Å². The molecule has 2 aromatic heterocycles. The molecule has 0 aliphatic carbocycles. The maximum Gasteiger partial charge on any atom is 0.317 e. The lowest BCUT2D eigenvalue weighted by Crippen LogP contribution is -2.44. The van der Waals surface area contributed by atoms with Gasteiger partial charge in [-0.15, -0.1) is 0 Å². The molecule has 2 heterocycles. The van der Waals surface area contributed by atoms with Crippen LogP contribution in [0.15, 0.2) is 18.7 Å². The molecule has 8 heteroatoms. The lowest BCUT2D eigenvalue weighted by molar-refractivity contribution is 0.202. The van der Waals surface area contributed by atoms with Crippen molar-refractivity contribution in [3.63, 3.8) is 0 Å². The molecule has 0 aromatic carbocycles. The number of urea groups is 1. The van der Waals surface area contributed by atoms with Gasteiger partial charge in [0, 0.05) is 31.9 Å². The second-order valence-corrected chi connectivity index (χ2v) is 5.89. The molecule has 0 bridgehead atoms. The fourth-order valence-corrected chi connectivity index (χ4v) is 2.43. The van der Waals surface area contributed by atoms with Gasteiger partial charge in [0.1, 0.15) is 12.7 Å². The molecule has 0 spiro atoms. The first-order valence-electron chi connectivity index (χ1n) is 7.81. The number of hydrogen-bond acceptors (Lipinski definition) is 4. The second kappa shape index (κ2) is 7.75. The minimum atomic E-state index is -0.0778. The predicted molar refractivity (Wildman–Crippen MR) is 87.0 cm³/mol. The van der Waals surface area contributed by atoms with Crippen molar-refractivity contribution in [1.82, 2.24) is 34.8 Å². The van der Waals surface area contributed by atoms with Crippen LogP contribution in [0.5, 0.6) is 0 Å². The Balaban J connectivity index is 1.71. The third-order valence-corrected chi connectivity index (χ3v) is 3.61. The molecular weight excluding hydrogens is 294 g/mol. The highest BCUT2D eigenvalue weighted by Gasteiger charge is 2.12. The molecule has 0 aliphatic heterocycles. The van der Waals surface area contributed by atoms with Crippen molar-refractivity contribution in [2.24, 2.45) is 0 Å². The molecule has 0 saturated carbocycles. The number of carbonyl (C=O) groups is 1. The zero-order valence-corrected chi connectivity index (χ0v) is 14.2. The van der Waals surface area contributed by atoms with Crippen LogP contribution < -0.4 is 5.32 Å². The van der Waals surface area contributed by atoms with E-state index >= 15 is 0 Å². The average molecular weight is 319 g/mol. The van der Waals surface area contributed by atoms with Crippen molar-refractivity contribution >= 4 is 6.03 Å². The number of amides is 2. The molecule has 0 saturated heterocycles. The predicted octanol–water partition coefficient (Wildman–Crippen LogP) is 1.21. The first-order chi connectivity index (χ1) is 11.0. The normalized spacial score (nSPS) is 12.2. The minimum absolute atomic E-state index is 0.0114. The maximum absolute atomic E-state index is 12.1. The molecule has 1 unspecified atom stereocenters. The van der Waals surface area contributed by atoms with Crippen molar-refractivity contribution in [3.05, 3.63) is 30.1 Å². The summed E-state index contributed by atoms with van der Waals surface area (Å²) in [5.41, 5.74) is 2.17. The van der Waals surface area contributed by atoms with Crippen LogP contribution in [0.25, 0.3) is 0 Å². The van der Waals surface area contributed by atoms with Crippen LogP contribution in [0, 0.1) is 13.8 Å². The van der Waals surface area contributed by atoms with Gasteiger partial charge in [0.2, 0.25) is 0 Å². The fraction of sp³-hybridized carbons (Fsp3) is 0.600. The Morgan fingerprint density at radius 1 is 1.43 bits per heavy atom. The molecular formula is C15H25N7O. The number of hydrogen-bond donors (Lipinski definition) is 1. The van der Waals surface area contributed by atoms with Crippen LogP contribution in [0.3, 0.4) is 0 Å². The highest BCUT2D eigenvalue weighted by atomic mass is 16.2. The van der Waals surface area contributed by atoms with Gasteiger partial charge in [0.25, 0.3) is 0 Å². The first-order valence-corrected chi connectivity index (χ1v) is 7.81. The Morgan fingerprint density at radius 2 is 2.22 bits per heavy atom. The van der Waals surface area contributed by atoms with Crippen molar-refractivity contribution in [2.75, 3.05) is 13.6 Å². The van der Waals surface area contributed by atoms with Crippen LogP contribution in [-0.2, 0) is 13.1 Å². The zero-order chi connectivity index (χ0) is 16.8. The lowest BCUT2D eigenvalue weighted by Gasteiger charge is -2.21. The number of carbonyl (C=O) groups excluding carboxylic acids is 1. The highest BCUT2D eigenvalue weighted by molar-refractivity contribution is 5.74. The fourth-order valence-electron chi connectivity index (χ4n) is 2.43. The van der Waals surface area contributed by atoms with Gasteiger partial charge in [-0.1, -0.05) is 0 Å². The van der Waals surface area contributed by atoms with Gasteiger partial charge >= 0.3 is 6.03 Å². The van der Waals surface area contributed by atoms with E-state index < -0.39 is 0 Å². The van der Waals surface area contributed by atoms with Gasteiger partial charge in [0.15, 0.2) is 0 Å². The molecule has 0 fully saturated rings. The van der Waals surface area contributed by atoms with Crippen molar-refractivity contribution in [2.45, 2.75) is 46.3 Å². The Labute approximate surface area is 136 Å². The molecule has 23 heavy (non-hydrogen) atoms. The molecule has 0 radical (unpaired) electrons. The Hall–Kier alpha value is -2.38. The van der Waals surface area contributed by atoms with Crippen LogP contribution >= 0.6 is 0 Å². The standard InChI is InChI=1S/C15H25N7O/c1-12-8-14(3)22(19-12)7-5-6-20(4)15(23)18-13(2)9-21-11-16-10-17-21/h8,10-11,13H,5-7,9H2,1-4H3,(H,18,23). The zero-order valence-electron chi connectivity index (χ0n) is 14.2. The lowest BCUT2D eigenvalue weighted by atomic mass is 10.3. The largest absolute Gasteiger partial charge is 0.334 e. The summed E-state index contributed by atoms with van der Waals surface area (Å²) in [5.74, 6) is 0. The van der Waals surface area contributed by atoms with E-state index in [4.69, 9.17) is 0 Å². The Kier molecular flexibility index (Phi) is 5.72. The molecule has 1 atom stereocenters. The summed E-state index contributed by atoms with van der Waals surface area (Å²) in [4.78, 5) is 17.7. The third kappa shape index (κ3) is 5.08. The topological polar surface area (TPSA) is 80.9 Å². The number of nitrogens with one attached hydrogen (secondary N) is 1. The van der Waals surface area contributed by atoms with Crippen molar-refractivity contribution in [3.8, 4) is 0 Å². The molecule has 0 aliphatic rings. The van der Waals surface area contributed by atoms with E-state index in [0.29, 0.717) is 13.1 Å². The van der Waals surface area contributed by atoms with E-state index in [1.165, 1.54) is 6.33 Å². The van der Waals surface area contributed by atoms with E-state index in [0.717, 1.165) is 24.4 Å². The van der Waals surface area contributed by atoms with Crippen LogP contribution in [-0.4, -0.2) is 55.1 Å². The summed E-state index contributed by atoms with van der Waals surface area (Å²) in [6.45, 7) is 8.07. The minimum Gasteiger partial charge on any atom is -0.334 e. The first kappa shape index (κ1) is 17.0. The second-order valence-electron chi connectivity index (χ2n) is 5.89. The molecule has 126 valence electrons.